The lowest BCUT2D eigenvalue weighted by Gasteiger charge is -2.48. The third-order valence-electron chi connectivity index (χ3n) is 9.15. The van der Waals surface area contributed by atoms with Gasteiger partial charge in [-0.2, -0.15) is 0 Å². The number of rotatable bonds is 9. The highest BCUT2D eigenvalue weighted by Gasteiger charge is 2.45. The summed E-state index contributed by atoms with van der Waals surface area (Å²) in [5.41, 5.74) is -2.03. The van der Waals surface area contributed by atoms with Crippen LogP contribution in [0.5, 0.6) is 0 Å². The number of halogens is 3. The van der Waals surface area contributed by atoms with Crippen LogP contribution >= 0.6 is 0 Å². The van der Waals surface area contributed by atoms with Crippen molar-refractivity contribution >= 4 is 31.7 Å². The molecule has 1 aromatic carbocycles. The quantitative estimate of drug-likeness (QED) is 0.179. The molecule has 2 amide bonds. The molecule has 51 heavy (non-hydrogen) atoms. The van der Waals surface area contributed by atoms with Crippen molar-refractivity contribution in [3.63, 3.8) is 0 Å². The highest BCUT2D eigenvalue weighted by molar-refractivity contribution is 6.74. The molecule has 0 bridgehead atoms. The van der Waals surface area contributed by atoms with Crippen molar-refractivity contribution in [2.45, 2.75) is 90.4 Å². The van der Waals surface area contributed by atoms with Gasteiger partial charge in [0.15, 0.2) is 8.32 Å². The number of aromatic nitrogens is 2. The summed E-state index contributed by atoms with van der Waals surface area (Å²) in [5.74, 6) is -4.44. The van der Waals surface area contributed by atoms with Gasteiger partial charge in [0.05, 0.1) is 41.9 Å². The van der Waals surface area contributed by atoms with Crippen LogP contribution in [0.2, 0.25) is 18.1 Å². The maximum absolute atomic E-state index is 15.0. The molecule has 0 saturated carbocycles. The summed E-state index contributed by atoms with van der Waals surface area (Å²) in [6.07, 6.45) is 0.522. The van der Waals surface area contributed by atoms with Crippen molar-refractivity contribution in [1.82, 2.24) is 15.3 Å². The van der Waals surface area contributed by atoms with Crippen molar-refractivity contribution < 1.29 is 42.1 Å². The van der Waals surface area contributed by atoms with Crippen molar-refractivity contribution in [3.8, 4) is 11.3 Å². The van der Waals surface area contributed by atoms with E-state index in [0.29, 0.717) is 18.8 Å². The number of benzene rings is 1. The van der Waals surface area contributed by atoms with Crippen LogP contribution in [0.1, 0.15) is 70.6 Å². The number of carbonyl (C=O) groups is 2. The fourth-order valence-corrected chi connectivity index (χ4v) is 7.00. The van der Waals surface area contributed by atoms with Crippen LogP contribution in [-0.4, -0.2) is 77.9 Å². The summed E-state index contributed by atoms with van der Waals surface area (Å²) in [7, 11) is -2.28. The SMILES string of the molecule is C[C@H]1CN(c2ccncc2NC(=O)c2ccc(F)c(-c3c(F)cc([C@@H](O)CO)cc3F)n2)C[C@@H](NC(=O)OC(C)(C)C)[C@@H]1O[Si](C)(C)C(C)(C)C. The molecule has 1 fully saturated rings. The molecule has 1 aliphatic heterocycles. The first-order valence-electron chi connectivity index (χ1n) is 16.7. The average molecular weight is 732 g/mol. The minimum absolute atomic E-state index is 0.0828. The highest BCUT2D eigenvalue weighted by atomic mass is 28.4. The summed E-state index contributed by atoms with van der Waals surface area (Å²) >= 11 is 0. The van der Waals surface area contributed by atoms with Gasteiger partial charge < -0.3 is 34.9 Å². The number of carbonyl (C=O) groups excluding carboxylic acids is 2. The van der Waals surface area contributed by atoms with Gasteiger partial charge in [-0.15, -0.1) is 0 Å². The second-order valence-electron chi connectivity index (χ2n) is 15.4. The topological polar surface area (TPSA) is 146 Å². The summed E-state index contributed by atoms with van der Waals surface area (Å²) in [5, 5.41) is 24.6. The predicted molar refractivity (Wildman–Crippen MR) is 190 cm³/mol. The van der Waals surface area contributed by atoms with Crippen LogP contribution < -0.4 is 15.5 Å². The van der Waals surface area contributed by atoms with E-state index in [0.717, 1.165) is 24.3 Å². The Kier molecular flexibility index (Phi) is 11.9. The number of amides is 2. The average Bonchev–Trinajstić information content (AvgIpc) is 3.01. The molecular formula is C36H48F3N5O6Si. The van der Waals surface area contributed by atoms with E-state index in [1.807, 2.05) is 11.8 Å². The van der Waals surface area contributed by atoms with E-state index >= 15 is 8.78 Å². The number of hydrogen-bond donors (Lipinski definition) is 4. The second kappa shape index (κ2) is 15.3. The lowest BCUT2D eigenvalue weighted by molar-refractivity contribution is 0.0336. The summed E-state index contributed by atoms with van der Waals surface area (Å²) in [6.45, 7) is 18.1. The third kappa shape index (κ3) is 9.44. The van der Waals surface area contributed by atoms with E-state index in [1.165, 1.54) is 6.20 Å². The number of aliphatic hydroxyl groups excluding tert-OH is 2. The van der Waals surface area contributed by atoms with Crippen LogP contribution in [0.15, 0.2) is 42.7 Å². The van der Waals surface area contributed by atoms with E-state index in [-0.39, 0.29) is 34.0 Å². The van der Waals surface area contributed by atoms with Crippen LogP contribution in [0, 0.1) is 23.4 Å². The summed E-state index contributed by atoms with van der Waals surface area (Å²) in [6, 6.07) is 4.70. The molecule has 0 radical (unpaired) electrons. The molecule has 15 heteroatoms. The van der Waals surface area contributed by atoms with E-state index in [2.05, 4.69) is 54.5 Å². The van der Waals surface area contributed by atoms with Gasteiger partial charge in [0.2, 0.25) is 0 Å². The predicted octanol–water partition coefficient (Wildman–Crippen LogP) is 6.58. The third-order valence-corrected chi connectivity index (χ3v) is 13.6. The molecule has 0 spiro atoms. The number of nitrogens with one attached hydrogen (secondary N) is 2. The zero-order valence-corrected chi connectivity index (χ0v) is 31.5. The molecule has 0 aliphatic carbocycles. The number of pyridine rings is 2. The fourth-order valence-electron chi connectivity index (χ4n) is 5.57. The lowest BCUT2D eigenvalue weighted by Crippen LogP contribution is -2.63. The van der Waals surface area contributed by atoms with Gasteiger partial charge in [-0.05, 0) is 74.8 Å². The number of hydrogen-bond acceptors (Lipinski definition) is 9. The van der Waals surface area contributed by atoms with Gasteiger partial charge in [-0.1, -0.05) is 27.7 Å². The van der Waals surface area contributed by atoms with Gasteiger partial charge >= 0.3 is 6.09 Å². The van der Waals surface area contributed by atoms with Crippen molar-refractivity contribution in [2.24, 2.45) is 5.92 Å². The van der Waals surface area contributed by atoms with Gasteiger partial charge in [0.1, 0.15) is 40.5 Å². The Hall–Kier alpha value is -4.05. The van der Waals surface area contributed by atoms with Crippen LogP contribution in [0.25, 0.3) is 11.3 Å². The van der Waals surface area contributed by atoms with Gasteiger partial charge in [-0.3, -0.25) is 9.78 Å². The van der Waals surface area contributed by atoms with Gasteiger partial charge in [-0.25, -0.2) is 22.9 Å². The second-order valence-corrected chi connectivity index (χ2v) is 20.2. The first-order chi connectivity index (χ1) is 23.6. The number of anilines is 2. The van der Waals surface area contributed by atoms with Crippen LogP contribution in [0.4, 0.5) is 29.3 Å². The molecule has 0 unspecified atom stereocenters. The Balaban J connectivity index is 1.64. The Morgan fingerprint density at radius 3 is 2.27 bits per heavy atom. The van der Waals surface area contributed by atoms with Crippen molar-refractivity contribution in [1.29, 1.82) is 0 Å². The van der Waals surface area contributed by atoms with E-state index in [4.69, 9.17) is 14.3 Å². The van der Waals surface area contributed by atoms with Gasteiger partial charge in [0, 0.05) is 25.2 Å². The molecule has 3 heterocycles. The van der Waals surface area contributed by atoms with E-state index < -0.39 is 73.4 Å². The molecule has 4 rings (SSSR count). The summed E-state index contributed by atoms with van der Waals surface area (Å²) in [4.78, 5) is 36.7. The van der Waals surface area contributed by atoms with Crippen LogP contribution in [0.3, 0.4) is 0 Å². The zero-order valence-electron chi connectivity index (χ0n) is 30.5. The fraction of sp³-hybridized carbons (Fsp3) is 0.500. The van der Waals surface area contributed by atoms with Crippen molar-refractivity contribution in [3.05, 3.63) is 71.4 Å². The lowest BCUT2D eigenvalue weighted by atomic mass is 9.92. The van der Waals surface area contributed by atoms with Crippen LogP contribution in [-0.2, 0) is 9.16 Å². The Morgan fingerprint density at radius 2 is 1.69 bits per heavy atom. The molecule has 2 aromatic heterocycles. The Morgan fingerprint density at radius 1 is 1.04 bits per heavy atom. The molecule has 278 valence electrons. The molecule has 3 aromatic rings. The molecule has 4 atom stereocenters. The highest BCUT2D eigenvalue weighted by Crippen LogP contribution is 2.40. The minimum atomic E-state index is -2.28. The number of nitrogens with zero attached hydrogens (tertiary/aromatic N) is 3. The molecule has 11 nitrogen and oxygen atoms in total. The summed E-state index contributed by atoms with van der Waals surface area (Å²) < 4.78 is 57.4. The van der Waals surface area contributed by atoms with Crippen molar-refractivity contribution in [2.75, 3.05) is 29.9 Å². The zero-order chi connectivity index (χ0) is 38.1. The van der Waals surface area contributed by atoms with E-state index in [1.54, 1.807) is 33.0 Å². The first-order valence-corrected chi connectivity index (χ1v) is 19.6. The standard InChI is InChI=1S/C36H48F3N5O6Si/c1-20-17-44(18-27(43-34(48)49-35(2,3)4)32(20)50-51(8,9)36(5,6)7)28-12-13-40-16-26(28)42-33(47)25-11-10-22(37)31(41-25)30-23(38)14-21(15-24(30)39)29(46)19-45/h10-16,20,27,29,32,45-46H,17-19H2,1-9H3,(H,42,47)(H,43,48)/t20-,27+,29-,32+/m0/s1. The largest absolute Gasteiger partial charge is 0.444 e. The number of ether oxygens (including phenoxy) is 1. The Labute approximate surface area is 297 Å². The monoisotopic (exact) mass is 731 g/mol. The normalized spacial score (nSPS) is 19.0. The smallest absolute Gasteiger partial charge is 0.408 e. The van der Waals surface area contributed by atoms with Gasteiger partial charge in [0.25, 0.3) is 5.91 Å². The molecule has 1 saturated heterocycles. The maximum Gasteiger partial charge on any atom is 0.408 e. The first kappa shape index (κ1) is 39.7. The maximum atomic E-state index is 15.0. The molecule has 4 N–H and O–H groups in total. The number of alkyl carbamates (subject to hydrolysis) is 1. The number of aliphatic hydroxyl groups is 2. The van der Waals surface area contributed by atoms with E-state index in [9.17, 15) is 19.1 Å². The Bertz CT molecular complexity index is 1730. The number of piperidine rings is 1. The molecular weight excluding hydrogens is 684 g/mol. The minimum Gasteiger partial charge on any atom is -0.444 e. The molecule has 1 aliphatic rings.